The standard InChI is InChI=1S/C30H28BNO2/c1-29(2)30(3,4)34-31(33-29)23-16-19-26-25-12-8-9-13-27(25)32(28(26)20-23)24-17-14-22(15-18-24)21-10-6-5-7-11-21/h5-20H,1-4H3. The Hall–Kier alpha value is -3.34. The second-order valence-electron chi connectivity index (χ2n) is 10.1. The molecule has 4 aromatic carbocycles. The van der Waals surface area contributed by atoms with Gasteiger partial charge in [0.1, 0.15) is 0 Å². The number of nitrogens with zero attached hydrogens (tertiary/aromatic N) is 1. The molecule has 0 amide bonds. The van der Waals surface area contributed by atoms with Crippen LogP contribution in [0.25, 0.3) is 38.6 Å². The number of rotatable bonds is 3. The minimum absolute atomic E-state index is 0.368. The highest BCUT2D eigenvalue weighted by atomic mass is 16.7. The van der Waals surface area contributed by atoms with Crippen molar-refractivity contribution in [3.63, 3.8) is 0 Å². The van der Waals surface area contributed by atoms with E-state index < -0.39 is 0 Å². The lowest BCUT2D eigenvalue weighted by atomic mass is 9.79. The number of benzene rings is 4. The summed E-state index contributed by atoms with van der Waals surface area (Å²) < 4.78 is 15.0. The number of para-hydroxylation sites is 1. The van der Waals surface area contributed by atoms with Crippen LogP contribution in [0.2, 0.25) is 0 Å². The Kier molecular flexibility index (Phi) is 4.74. The summed E-state index contributed by atoms with van der Waals surface area (Å²) in [5, 5.41) is 2.47. The van der Waals surface area contributed by atoms with E-state index in [1.807, 2.05) is 6.07 Å². The zero-order valence-electron chi connectivity index (χ0n) is 20.1. The van der Waals surface area contributed by atoms with Gasteiger partial charge in [-0.25, -0.2) is 0 Å². The SMILES string of the molecule is CC1(C)OB(c2ccc3c4ccccc4n(-c4ccc(-c5ccccc5)cc4)c3c2)OC1(C)C. The Bertz CT molecular complexity index is 1480. The number of aromatic nitrogens is 1. The van der Waals surface area contributed by atoms with E-state index in [0.717, 1.165) is 16.7 Å². The van der Waals surface area contributed by atoms with Crippen molar-refractivity contribution in [3.05, 3.63) is 97.1 Å². The van der Waals surface area contributed by atoms with Gasteiger partial charge in [0.05, 0.1) is 22.2 Å². The van der Waals surface area contributed by atoms with Crippen molar-refractivity contribution in [1.82, 2.24) is 4.57 Å². The van der Waals surface area contributed by atoms with Gasteiger partial charge in [-0.2, -0.15) is 0 Å². The number of hydrogen-bond acceptors (Lipinski definition) is 2. The highest BCUT2D eigenvalue weighted by Crippen LogP contribution is 2.37. The zero-order chi connectivity index (χ0) is 23.5. The van der Waals surface area contributed by atoms with Gasteiger partial charge in [-0.1, -0.05) is 72.8 Å². The number of hydrogen-bond donors (Lipinski definition) is 0. The molecule has 6 rings (SSSR count). The van der Waals surface area contributed by atoms with Gasteiger partial charge in [-0.05, 0) is 68.6 Å². The summed E-state index contributed by atoms with van der Waals surface area (Å²) in [7, 11) is -0.388. The van der Waals surface area contributed by atoms with Gasteiger partial charge in [-0.3, -0.25) is 0 Å². The van der Waals surface area contributed by atoms with Crippen LogP contribution in [0.15, 0.2) is 97.1 Å². The van der Waals surface area contributed by atoms with Crippen LogP contribution in [0.1, 0.15) is 27.7 Å². The van der Waals surface area contributed by atoms with Crippen molar-refractivity contribution in [2.45, 2.75) is 38.9 Å². The first-order chi connectivity index (χ1) is 16.3. The van der Waals surface area contributed by atoms with Crippen LogP contribution in [-0.2, 0) is 9.31 Å². The van der Waals surface area contributed by atoms with Gasteiger partial charge in [0.2, 0.25) is 0 Å². The van der Waals surface area contributed by atoms with Gasteiger partial charge in [0.15, 0.2) is 0 Å². The fourth-order valence-corrected chi connectivity index (χ4v) is 4.83. The minimum atomic E-state index is -0.388. The van der Waals surface area contributed by atoms with E-state index in [9.17, 15) is 0 Å². The first kappa shape index (κ1) is 21.2. The summed E-state index contributed by atoms with van der Waals surface area (Å²) in [6.45, 7) is 8.38. The lowest BCUT2D eigenvalue weighted by Crippen LogP contribution is -2.41. The van der Waals surface area contributed by atoms with Crippen molar-refractivity contribution in [2.75, 3.05) is 0 Å². The second-order valence-corrected chi connectivity index (χ2v) is 10.1. The molecule has 168 valence electrons. The molecule has 1 saturated heterocycles. The quantitative estimate of drug-likeness (QED) is 0.287. The zero-order valence-corrected chi connectivity index (χ0v) is 20.1. The molecule has 0 atom stereocenters. The fourth-order valence-electron chi connectivity index (χ4n) is 4.83. The average molecular weight is 445 g/mol. The van der Waals surface area contributed by atoms with Gasteiger partial charge >= 0.3 is 7.12 Å². The van der Waals surface area contributed by atoms with Crippen LogP contribution >= 0.6 is 0 Å². The molecule has 34 heavy (non-hydrogen) atoms. The van der Waals surface area contributed by atoms with E-state index in [0.29, 0.717) is 0 Å². The van der Waals surface area contributed by atoms with Gasteiger partial charge in [0, 0.05) is 16.5 Å². The van der Waals surface area contributed by atoms with Crippen molar-refractivity contribution < 1.29 is 9.31 Å². The Morgan fingerprint density at radius 3 is 1.88 bits per heavy atom. The molecule has 0 saturated carbocycles. The lowest BCUT2D eigenvalue weighted by Gasteiger charge is -2.32. The molecule has 1 aromatic heterocycles. The maximum absolute atomic E-state index is 6.35. The van der Waals surface area contributed by atoms with E-state index in [-0.39, 0.29) is 18.3 Å². The molecule has 4 heteroatoms. The number of fused-ring (bicyclic) bond motifs is 3. The van der Waals surface area contributed by atoms with Gasteiger partial charge in [0.25, 0.3) is 0 Å². The van der Waals surface area contributed by atoms with E-state index in [1.54, 1.807) is 0 Å². The molecule has 3 nitrogen and oxygen atoms in total. The molecule has 0 N–H and O–H groups in total. The lowest BCUT2D eigenvalue weighted by molar-refractivity contribution is 0.00578. The largest absolute Gasteiger partial charge is 0.494 e. The second kappa shape index (κ2) is 7.59. The monoisotopic (exact) mass is 445 g/mol. The first-order valence-corrected chi connectivity index (χ1v) is 11.9. The van der Waals surface area contributed by atoms with Gasteiger partial charge in [-0.15, -0.1) is 0 Å². The molecule has 0 unspecified atom stereocenters. The van der Waals surface area contributed by atoms with Crippen LogP contribution in [0, 0.1) is 0 Å². The molecular weight excluding hydrogens is 417 g/mol. The molecule has 2 heterocycles. The summed E-state index contributed by atoms with van der Waals surface area (Å²) in [5.41, 5.74) is 6.21. The highest BCUT2D eigenvalue weighted by Gasteiger charge is 2.51. The predicted molar refractivity (Wildman–Crippen MR) is 142 cm³/mol. The first-order valence-electron chi connectivity index (χ1n) is 11.9. The fraction of sp³-hybridized carbons (Fsp3) is 0.200. The maximum Gasteiger partial charge on any atom is 0.494 e. The van der Waals surface area contributed by atoms with Crippen molar-refractivity contribution in [2.24, 2.45) is 0 Å². The smallest absolute Gasteiger partial charge is 0.399 e. The Morgan fingerprint density at radius 2 is 1.18 bits per heavy atom. The van der Waals surface area contributed by atoms with Crippen LogP contribution < -0.4 is 5.46 Å². The Balaban J connectivity index is 1.50. The van der Waals surface area contributed by atoms with Crippen LogP contribution in [0.4, 0.5) is 0 Å². The third-order valence-electron chi connectivity index (χ3n) is 7.46. The molecule has 1 aliphatic rings. The van der Waals surface area contributed by atoms with Gasteiger partial charge < -0.3 is 13.9 Å². The molecule has 5 aromatic rings. The summed E-state index contributed by atoms with van der Waals surface area (Å²) >= 11 is 0. The maximum atomic E-state index is 6.35. The molecule has 1 aliphatic heterocycles. The summed E-state index contributed by atoms with van der Waals surface area (Å²) in [6.07, 6.45) is 0. The van der Waals surface area contributed by atoms with E-state index in [1.165, 1.54) is 27.4 Å². The average Bonchev–Trinajstić information content (AvgIpc) is 3.29. The van der Waals surface area contributed by atoms with E-state index in [4.69, 9.17) is 9.31 Å². The predicted octanol–water partition coefficient (Wildman–Crippen LogP) is 6.75. The van der Waals surface area contributed by atoms with Crippen LogP contribution in [0.5, 0.6) is 0 Å². The normalized spacial score (nSPS) is 17.0. The minimum Gasteiger partial charge on any atom is -0.399 e. The molecular formula is C30H28BNO2. The molecule has 1 fully saturated rings. The topological polar surface area (TPSA) is 23.4 Å². The molecule has 0 bridgehead atoms. The van der Waals surface area contributed by atoms with E-state index >= 15 is 0 Å². The van der Waals surface area contributed by atoms with Crippen molar-refractivity contribution in [1.29, 1.82) is 0 Å². The summed E-state index contributed by atoms with van der Waals surface area (Å²) in [4.78, 5) is 0. The molecule has 0 radical (unpaired) electrons. The van der Waals surface area contributed by atoms with Crippen LogP contribution in [0.3, 0.4) is 0 Å². The molecule has 0 spiro atoms. The van der Waals surface area contributed by atoms with Crippen molar-refractivity contribution >= 4 is 34.4 Å². The third-order valence-corrected chi connectivity index (χ3v) is 7.46. The Labute approximate surface area is 201 Å². The van der Waals surface area contributed by atoms with Crippen LogP contribution in [-0.4, -0.2) is 22.9 Å². The highest BCUT2D eigenvalue weighted by molar-refractivity contribution is 6.62. The Morgan fingerprint density at radius 1 is 0.588 bits per heavy atom. The third kappa shape index (κ3) is 3.29. The molecule has 0 aliphatic carbocycles. The summed E-state index contributed by atoms with van der Waals surface area (Å²) in [5.74, 6) is 0. The summed E-state index contributed by atoms with van der Waals surface area (Å²) in [6, 6.07) is 34.5. The van der Waals surface area contributed by atoms with Crippen molar-refractivity contribution in [3.8, 4) is 16.8 Å². The van der Waals surface area contributed by atoms with E-state index in [2.05, 4.69) is 123 Å².